The highest BCUT2D eigenvalue weighted by Gasteiger charge is 2.27. The molecule has 44 heavy (non-hydrogen) atoms. The van der Waals surface area contributed by atoms with Crippen LogP contribution in [0.25, 0.3) is 0 Å². The lowest BCUT2D eigenvalue weighted by Gasteiger charge is -2.20. The highest BCUT2D eigenvalue weighted by atomic mass is 31.2. The van der Waals surface area contributed by atoms with Gasteiger partial charge in [-0.1, -0.05) is 109 Å². The number of aliphatic hydroxyl groups is 2. The van der Waals surface area contributed by atoms with E-state index in [2.05, 4.69) is 23.6 Å². The number of hydrogen-bond acceptors (Lipinski definition) is 9. The molecule has 0 saturated heterocycles. The van der Waals surface area contributed by atoms with Crippen molar-refractivity contribution in [3.05, 3.63) is 12.2 Å². The van der Waals surface area contributed by atoms with Crippen LogP contribution in [0.4, 0.5) is 0 Å². The highest BCUT2D eigenvalue weighted by Crippen LogP contribution is 2.43. The third-order valence-corrected chi connectivity index (χ3v) is 8.12. The molecule has 3 N–H and O–H groups in total. The summed E-state index contributed by atoms with van der Waals surface area (Å²) in [5, 5.41) is 18.1. The van der Waals surface area contributed by atoms with Gasteiger partial charge in [-0.05, 0) is 38.5 Å². The number of ether oxygens (including phenoxy) is 2. The van der Waals surface area contributed by atoms with Gasteiger partial charge in [-0.25, -0.2) is 4.57 Å². The Kier molecular flexibility index (Phi) is 29.5. The smallest absolute Gasteiger partial charge is 0.462 e. The van der Waals surface area contributed by atoms with Crippen LogP contribution in [-0.4, -0.2) is 65.7 Å². The summed E-state index contributed by atoms with van der Waals surface area (Å²) in [7, 11) is -4.59. The van der Waals surface area contributed by atoms with Gasteiger partial charge in [0.2, 0.25) is 0 Å². The molecule has 0 heterocycles. The predicted molar refractivity (Wildman–Crippen MR) is 173 cm³/mol. The maximum absolute atomic E-state index is 12.4. The number of hydrogen-bond donors (Lipinski definition) is 3. The van der Waals surface area contributed by atoms with E-state index in [0.29, 0.717) is 12.8 Å². The van der Waals surface area contributed by atoms with Crippen molar-refractivity contribution in [2.45, 2.75) is 161 Å². The minimum atomic E-state index is -4.59. The molecule has 3 unspecified atom stereocenters. The Hall–Kier alpha value is -1.29. The Balaban J connectivity index is 4.15. The van der Waals surface area contributed by atoms with E-state index in [-0.39, 0.29) is 19.4 Å². The predicted octanol–water partition coefficient (Wildman–Crippen LogP) is 7.72. The number of unbranched alkanes of at least 4 members (excludes halogenated alkanes) is 16. The first kappa shape index (κ1) is 42.7. The van der Waals surface area contributed by atoms with Gasteiger partial charge in [0, 0.05) is 12.8 Å². The molecule has 0 aliphatic heterocycles. The van der Waals surface area contributed by atoms with Gasteiger partial charge in [0.15, 0.2) is 6.10 Å². The molecule has 0 saturated carbocycles. The zero-order valence-electron chi connectivity index (χ0n) is 27.6. The summed E-state index contributed by atoms with van der Waals surface area (Å²) in [6.07, 6.45) is 24.2. The molecule has 260 valence electrons. The van der Waals surface area contributed by atoms with Crippen LogP contribution in [0.2, 0.25) is 0 Å². The topological polar surface area (TPSA) is 149 Å². The second kappa shape index (κ2) is 30.4. The maximum atomic E-state index is 12.4. The Morgan fingerprint density at radius 2 is 1.11 bits per heavy atom. The van der Waals surface area contributed by atoms with Crippen molar-refractivity contribution in [3.8, 4) is 0 Å². The summed E-state index contributed by atoms with van der Waals surface area (Å²) in [6, 6.07) is 0. The Morgan fingerprint density at radius 1 is 0.659 bits per heavy atom. The molecule has 0 aromatic heterocycles. The van der Waals surface area contributed by atoms with Crippen LogP contribution in [-0.2, 0) is 32.7 Å². The minimum Gasteiger partial charge on any atom is -0.462 e. The molecule has 0 fully saturated rings. The number of carbonyl (C=O) groups excluding carboxylic acids is 2. The van der Waals surface area contributed by atoms with Crippen molar-refractivity contribution < 1.29 is 47.8 Å². The number of aliphatic hydroxyl groups excluding tert-OH is 2. The first-order valence-electron chi connectivity index (χ1n) is 17.1. The fourth-order valence-electron chi connectivity index (χ4n) is 4.46. The summed E-state index contributed by atoms with van der Waals surface area (Å²) >= 11 is 0. The maximum Gasteiger partial charge on any atom is 0.472 e. The normalized spacial score (nSPS) is 14.4. The fraction of sp³-hybridized carbons (Fsp3) is 0.879. The molecule has 0 aliphatic rings. The average molecular weight is 651 g/mol. The molecule has 0 aromatic carbocycles. The Bertz CT molecular complexity index is 761. The van der Waals surface area contributed by atoms with Gasteiger partial charge in [-0.2, -0.15) is 0 Å². The van der Waals surface area contributed by atoms with Crippen molar-refractivity contribution in [2.24, 2.45) is 0 Å². The third kappa shape index (κ3) is 29.4. The lowest BCUT2D eigenvalue weighted by Crippen LogP contribution is -2.29. The average Bonchev–Trinajstić information content (AvgIpc) is 3.00. The van der Waals surface area contributed by atoms with Crippen LogP contribution in [0.1, 0.15) is 149 Å². The molecule has 11 heteroatoms. The number of allylic oxidation sites excluding steroid dienone is 2. The number of esters is 2. The highest BCUT2D eigenvalue weighted by molar-refractivity contribution is 7.47. The van der Waals surface area contributed by atoms with E-state index in [1.165, 1.54) is 70.6 Å². The summed E-state index contributed by atoms with van der Waals surface area (Å²) in [5.41, 5.74) is 0. The van der Waals surface area contributed by atoms with E-state index >= 15 is 0 Å². The first-order chi connectivity index (χ1) is 21.2. The van der Waals surface area contributed by atoms with Gasteiger partial charge in [0.25, 0.3) is 0 Å². The van der Waals surface area contributed by atoms with Crippen LogP contribution in [0.15, 0.2) is 12.2 Å². The lowest BCUT2D eigenvalue weighted by atomic mass is 10.1. The van der Waals surface area contributed by atoms with E-state index in [1.807, 2.05) is 6.92 Å². The van der Waals surface area contributed by atoms with Crippen molar-refractivity contribution in [3.63, 3.8) is 0 Å². The number of phosphoric acid groups is 1. The van der Waals surface area contributed by atoms with Gasteiger partial charge < -0.3 is 24.6 Å². The van der Waals surface area contributed by atoms with Crippen molar-refractivity contribution in [2.75, 3.05) is 26.4 Å². The van der Waals surface area contributed by atoms with Crippen LogP contribution in [0.5, 0.6) is 0 Å². The molecule has 0 amide bonds. The van der Waals surface area contributed by atoms with Crippen molar-refractivity contribution >= 4 is 19.8 Å². The number of rotatable bonds is 32. The molecule has 0 aliphatic carbocycles. The molecule has 0 radical (unpaired) electrons. The van der Waals surface area contributed by atoms with Crippen LogP contribution in [0, 0.1) is 0 Å². The van der Waals surface area contributed by atoms with Gasteiger partial charge >= 0.3 is 19.8 Å². The van der Waals surface area contributed by atoms with Crippen LogP contribution in [0.3, 0.4) is 0 Å². The second-order valence-corrected chi connectivity index (χ2v) is 13.0. The zero-order valence-corrected chi connectivity index (χ0v) is 28.5. The fourth-order valence-corrected chi connectivity index (χ4v) is 5.25. The molecule has 3 atom stereocenters. The van der Waals surface area contributed by atoms with E-state index < -0.39 is 51.8 Å². The number of carbonyl (C=O) groups is 2. The lowest BCUT2D eigenvalue weighted by molar-refractivity contribution is -0.161. The van der Waals surface area contributed by atoms with E-state index in [9.17, 15) is 24.2 Å². The third-order valence-electron chi connectivity index (χ3n) is 7.17. The molecule has 0 spiro atoms. The monoisotopic (exact) mass is 650 g/mol. The zero-order chi connectivity index (χ0) is 32.7. The minimum absolute atomic E-state index is 0.181. The largest absolute Gasteiger partial charge is 0.472 e. The molecule has 0 bridgehead atoms. The standard InChI is InChI=1S/C33H63O10P/c1-3-5-7-8-9-10-11-12-13-14-15-16-17-18-19-20-21-23-25-33(37)43-31(28-40-32(36)24-22-6-4-2)29-42-44(38,39)41-27-30(35)26-34/h13-14,30-31,34-35H,3-12,15-29H2,1-2H3,(H,38,39)/b14-13-. The van der Waals surface area contributed by atoms with Crippen molar-refractivity contribution in [1.29, 1.82) is 0 Å². The molecule has 10 nitrogen and oxygen atoms in total. The first-order valence-corrected chi connectivity index (χ1v) is 18.6. The van der Waals surface area contributed by atoms with Crippen molar-refractivity contribution in [1.82, 2.24) is 0 Å². The Morgan fingerprint density at radius 3 is 1.68 bits per heavy atom. The van der Waals surface area contributed by atoms with Gasteiger partial charge in [0.1, 0.15) is 12.7 Å². The second-order valence-electron chi connectivity index (χ2n) is 11.5. The number of phosphoric ester groups is 1. The van der Waals surface area contributed by atoms with Gasteiger partial charge in [-0.3, -0.25) is 18.6 Å². The van der Waals surface area contributed by atoms with E-state index in [0.717, 1.165) is 38.5 Å². The molecule has 0 aromatic rings. The summed E-state index contributed by atoms with van der Waals surface area (Å²) in [4.78, 5) is 34.2. The van der Waals surface area contributed by atoms with Crippen LogP contribution < -0.4 is 0 Å². The van der Waals surface area contributed by atoms with Crippen LogP contribution >= 0.6 is 7.82 Å². The molecule has 0 rings (SSSR count). The van der Waals surface area contributed by atoms with E-state index in [4.69, 9.17) is 19.1 Å². The Labute approximate surface area is 266 Å². The molecular formula is C33H63O10P. The quantitative estimate of drug-likeness (QED) is 0.0286. The summed E-state index contributed by atoms with van der Waals surface area (Å²) in [6.45, 7) is 2.16. The van der Waals surface area contributed by atoms with Gasteiger partial charge in [-0.15, -0.1) is 0 Å². The van der Waals surface area contributed by atoms with E-state index in [1.54, 1.807) is 0 Å². The molecular weight excluding hydrogens is 587 g/mol. The summed E-state index contributed by atoms with van der Waals surface area (Å²) < 4.78 is 32.1. The summed E-state index contributed by atoms with van der Waals surface area (Å²) in [5.74, 6) is -0.957. The van der Waals surface area contributed by atoms with Gasteiger partial charge in [0.05, 0.1) is 19.8 Å². The SMILES string of the molecule is CCCCCCCCC/C=C\CCCCCCCCCC(=O)OC(COC(=O)CCCCC)COP(=O)(O)OCC(O)CO.